The summed E-state index contributed by atoms with van der Waals surface area (Å²) >= 11 is 0. The third kappa shape index (κ3) is 4.41. The molecule has 154 valence electrons. The van der Waals surface area contributed by atoms with E-state index in [2.05, 4.69) is 5.32 Å². The van der Waals surface area contributed by atoms with Crippen molar-refractivity contribution in [1.82, 2.24) is 9.88 Å². The molecule has 4 aromatic rings. The summed E-state index contributed by atoms with van der Waals surface area (Å²) in [6, 6.07) is 23.9. The highest BCUT2D eigenvalue weighted by atomic mass is 16.4. The van der Waals surface area contributed by atoms with Gasteiger partial charge in [-0.2, -0.15) is 0 Å². The fourth-order valence-corrected chi connectivity index (χ4v) is 3.53. The standard InChI is InChI=1S/C26H22N2O3/c1-18(20-10-12-22(13-11-20)26(30)31)27-25(29)23-9-5-8-21-15-17-28(24(21)23)16-14-19-6-3-2-4-7-19/h2-18H,1H3,(H,27,29)(H,30,31)/b16-14+/t18-/m0/s1. The Balaban J connectivity index is 1.60. The first-order valence-electron chi connectivity index (χ1n) is 10.00. The van der Waals surface area contributed by atoms with E-state index >= 15 is 0 Å². The maximum atomic E-state index is 13.1. The zero-order chi connectivity index (χ0) is 21.8. The molecule has 0 bridgehead atoms. The average molecular weight is 410 g/mol. The Morgan fingerprint density at radius 1 is 0.935 bits per heavy atom. The van der Waals surface area contributed by atoms with Crippen molar-refractivity contribution in [1.29, 1.82) is 0 Å². The molecular weight excluding hydrogens is 388 g/mol. The maximum absolute atomic E-state index is 13.1. The Morgan fingerprint density at radius 3 is 2.39 bits per heavy atom. The van der Waals surface area contributed by atoms with Gasteiger partial charge in [0.25, 0.3) is 5.91 Å². The van der Waals surface area contributed by atoms with Crippen molar-refractivity contribution in [3.05, 3.63) is 107 Å². The van der Waals surface area contributed by atoms with Crippen LogP contribution >= 0.6 is 0 Å². The van der Waals surface area contributed by atoms with Gasteiger partial charge >= 0.3 is 5.97 Å². The van der Waals surface area contributed by atoms with Crippen molar-refractivity contribution in [2.24, 2.45) is 0 Å². The van der Waals surface area contributed by atoms with Crippen LogP contribution < -0.4 is 5.32 Å². The number of hydrogen-bond donors (Lipinski definition) is 2. The molecule has 5 heteroatoms. The van der Waals surface area contributed by atoms with E-state index in [4.69, 9.17) is 5.11 Å². The number of carbonyl (C=O) groups excluding carboxylic acids is 1. The second-order valence-electron chi connectivity index (χ2n) is 7.32. The Morgan fingerprint density at radius 2 is 1.68 bits per heavy atom. The van der Waals surface area contributed by atoms with Gasteiger partial charge in [0.15, 0.2) is 0 Å². The Labute approximate surface area is 180 Å². The molecule has 0 saturated carbocycles. The van der Waals surface area contributed by atoms with Crippen LogP contribution in [0.25, 0.3) is 23.2 Å². The minimum absolute atomic E-state index is 0.187. The molecule has 0 fully saturated rings. The van der Waals surface area contributed by atoms with Gasteiger partial charge in [0.2, 0.25) is 0 Å². The molecule has 1 amide bonds. The van der Waals surface area contributed by atoms with Crippen molar-refractivity contribution in [3.8, 4) is 0 Å². The molecule has 0 saturated heterocycles. The van der Waals surface area contributed by atoms with Gasteiger partial charge in [0.05, 0.1) is 22.7 Å². The molecule has 0 unspecified atom stereocenters. The fraction of sp³-hybridized carbons (Fsp3) is 0.0769. The molecule has 0 aliphatic carbocycles. The van der Waals surface area contributed by atoms with Crippen LogP contribution in [0.5, 0.6) is 0 Å². The summed E-state index contributed by atoms with van der Waals surface area (Å²) in [4.78, 5) is 24.1. The monoisotopic (exact) mass is 410 g/mol. The van der Waals surface area contributed by atoms with Crippen LogP contribution in [0.3, 0.4) is 0 Å². The van der Waals surface area contributed by atoms with Crippen molar-refractivity contribution >= 4 is 35.1 Å². The normalized spacial score (nSPS) is 12.2. The van der Waals surface area contributed by atoms with Gasteiger partial charge in [-0.05, 0) is 48.4 Å². The number of nitrogens with one attached hydrogen (secondary N) is 1. The highest BCUT2D eigenvalue weighted by molar-refractivity contribution is 6.06. The first-order valence-corrected chi connectivity index (χ1v) is 10.00. The minimum Gasteiger partial charge on any atom is -0.478 e. The van der Waals surface area contributed by atoms with E-state index in [0.29, 0.717) is 5.56 Å². The van der Waals surface area contributed by atoms with E-state index in [1.165, 1.54) is 0 Å². The Kier molecular flexibility index (Phi) is 5.67. The highest BCUT2D eigenvalue weighted by Crippen LogP contribution is 2.23. The first kappa shape index (κ1) is 20.2. The van der Waals surface area contributed by atoms with Gasteiger partial charge in [-0.25, -0.2) is 4.79 Å². The van der Waals surface area contributed by atoms with E-state index in [1.54, 1.807) is 24.3 Å². The number of aromatic carboxylic acids is 1. The molecule has 4 rings (SSSR count). The van der Waals surface area contributed by atoms with Crippen LogP contribution in [-0.4, -0.2) is 21.6 Å². The molecule has 1 atom stereocenters. The second kappa shape index (κ2) is 8.71. The van der Waals surface area contributed by atoms with Gasteiger partial charge in [0, 0.05) is 17.8 Å². The van der Waals surface area contributed by atoms with E-state index < -0.39 is 5.97 Å². The molecule has 3 aromatic carbocycles. The van der Waals surface area contributed by atoms with Crippen molar-refractivity contribution in [2.75, 3.05) is 0 Å². The molecule has 0 aliphatic heterocycles. The number of carboxylic acid groups (broad SMARTS) is 1. The number of amides is 1. The van der Waals surface area contributed by atoms with Crippen molar-refractivity contribution in [2.45, 2.75) is 13.0 Å². The van der Waals surface area contributed by atoms with E-state index in [1.807, 2.05) is 84.6 Å². The molecule has 31 heavy (non-hydrogen) atoms. The van der Waals surface area contributed by atoms with Crippen molar-refractivity contribution < 1.29 is 14.7 Å². The van der Waals surface area contributed by atoms with Crippen LogP contribution in [-0.2, 0) is 0 Å². The number of hydrogen-bond acceptors (Lipinski definition) is 2. The Hall–Kier alpha value is -4.12. The second-order valence-corrected chi connectivity index (χ2v) is 7.32. The summed E-state index contributed by atoms with van der Waals surface area (Å²) in [6.45, 7) is 1.88. The summed E-state index contributed by atoms with van der Waals surface area (Å²) in [5, 5.41) is 13.0. The summed E-state index contributed by atoms with van der Waals surface area (Å²) in [5.41, 5.74) is 3.54. The molecule has 1 heterocycles. The predicted molar refractivity (Wildman–Crippen MR) is 123 cm³/mol. The van der Waals surface area contributed by atoms with Crippen LogP contribution in [0.15, 0.2) is 85.1 Å². The molecule has 0 radical (unpaired) electrons. The summed E-state index contributed by atoms with van der Waals surface area (Å²) in [5.74, 6) is -1.16. The van der Waals surface area contributed by atoms with Gasteiger partial charge in [-0.3, -0.25) is 4.79 Å². The van der Waals surface area contributed by atoms with Crippen molar-refractivity contribution in [3.63, 3.8) is 0 Å². The number of aromatic nitrogens is 1. The fourth-order valence-electron chi connectivity index (χ4n) is 3.53. The Bertz CT molecular complexity index is 1260. The smallest absolute Gasteiger partial charge is 0.335 e. The van der Waals surface area contributed by atoms with Gasteiger partial charge in [0.1, 0.15) is 0 Å². The molecule has 0 aliphatic rings. The lowest BCUT2D eigenvalue weighted by atomic mass is 10.0. The number of fused-ring (bicyclic) bond motifs is 1. The van der Waals surface area contributed by atoms with Gasteiger partial charge < -0.3 is 15.0 Å². The first-order chi connectivity index (χ1) is 15.0. The number of rotatable bonds is 6. The number of para-hydroxylation sites is 1. The molecule has 1 aromatic heterocycles. The van der Waals surface area contributed by atoms with E-state index in [9.17, 15) is 9.59 Å². The summed E-state index contributed by atoms with van der Waals surface area (Å²) < 4.78 is 1.95. The van der Waals surface area contributed by atoms with Crippen LogP contribution in [0.4, 0.5) is 0 Å². The van der Waals surface area contributed by atoms with E-state index in [-0.39, 0.29) is 17.5 Å². The third-order valence-electron chi connectivity index (χ3n) is 5.22. The highest BCUT2D eigenvalue weighted by Gasteiger charge is 2.16. The number of carbonyl (C=O) groups is 2. The molecule has 5 nitrogen and oxygen atoms in total. The number of nitrogens with zero attached hydrogens (tertiary/aromatic N) is 1. The van der Waals surface area contributed by atoms with Crippen LogP contribution in [0.1, 0.15) is 44.8 Å². The topological polar surface area (TPSA) is 71.3 Å². The zero-order valence-electron chi connectivity index (χ0n) is 17.0. The minimum atomic E-state index is -0.973. The van der Waals surface area contributed by atoms with E-state index in [0.717, 1.165) is 22.0 Å². The largest absolute Gasteiger partial charge is 0.478 e. The lowest BCUT2D eigenvalue weighted by molar-refractivity contribution is 0.0696. The third-order valence-corrected chi connectivity index (χ3v) is 5.22. The summed E-state index contributed by atoms with van der Waals surface area (Å²) in [7, 11) is 0. The predicted octanol–water partition coefficient (Wildman–Crippen LogP) is 5.46. The van der Waals surface area contributed by atoms with Crippen LogP contribution in [0, 0.1) is 0 Å². The quantitative estimate of drug-likeness (QED) is 0.443. The van der Waals surface area contributed by atoms with Gasteiger partial charge in [-0.15, -0.1) is 0 Å². The average Bonchev–Trinajstić information content (AvgIpc) is 3.21. The lowest BCUT2D eigenvalue weighted by Gasteiger charge is -2.15. The maximum Gasteiger partial charge on any atom is 0.335 e. The molecular formula is C26H22N2O3. The van der Waals surface area contributed by atoms with Crippen LogP contribution in [0.2, 0.25) is 0 Å². The SMILES string of the molecule is C[C@H](NC(=O)c1cccc2ccn(/C=C/c3ccccc3)c12)c1ccc(C(=O)O)cc1. The zero-order valence-corrected chi connectivity index (χ0v) is 17.0. The number of benzene rings is 3. The summed E-state index contributed by atoms with van der Waals surface area (Å²) in [6.07, 6.45) is 5.89. The number of carboxylic acids is 1. The molecule has 0 spiro atoms. The van der Waals surface area contributed by atoms with Gasteiger partial charge in [-0.1, -0.05) is 54.6 Å². The molecule has 2 N–H and O–H groups in total. The lowest BCUT2D eigenvalue weighted by Crippen LogP contribution is -2.27.